The quantitative estimate of drug-likeness (QED) is 0.490. The van der Waals surface area contributed by atoms with Gasteiger partial charge in [-0.1, -0.05) is 60.7 Å². The summed E-state index contributed by atoms with van der Waals surface area (Å²) >= 11 is 0. The molecule has 0 aliphatic heterocycles. The largest absolute Gasteiger partial charge is 0.490 e. The van der Waals surface area contributed by atoms with E-state index in [0.29, 0.717) is 12.8 Å². The first kappa shape index (κ1) is 18.6. The van der Waals surface area contributed by atoms with Crippen molar-refractivity contribution in [3.63, 3.8) is 0 Å². The van der Waals surface area contributed by atoms with E-state index in [1.165, 1.54) is 0 Å². The summed E-state index contributed by atoms with van der Waals surface area (Å²) in [5, 5.41) is 6.31. The molecule has 0 heterocycles. The van der Waals surface area contributed by atoms with Crippen molar-refractivity contribution in [2.75, 3.05) is 0 Å². The van der Waals surface area contributed by atoms with Crippen LogP contribution in [0, 0.1) is 0 Å². The number of nitrogens with zero attached hydrogens (tertiary/aromatic N) is 1. The standard InChI is InChI=1S/C23H24N2O2/c1-17(2)27-22-14-13-19-10-6-7-11-20(19)21(22)16-24-25-23(26)15-12-18-8-4-3-5-9-18/h3-11,13-14,16-17H,12,15H2,1-2H3,(H,25,26). The summed E-state index contributed by atoms with van der Waals surface area (Å²) in [5.74, 6) is 0.646. The van der Waals surface area contributed by atoms with Crippen molar-refractivity contribution in [1.82, 2.24) is 5.43 Å². The summed E-state index contributed by atoms with van der Waals surface area (Å²) in [6.07, 6.45) is 2.81. The number of hydrogen-bond acceptors (Lipinski definition) is 3. The Morgan fingerprint density at radius 3 is 2.56 bits per heavy atom. The van der Waals surface area contributed by atoms with Crippen molar-refractivity contribution in [3.05, 3.63) is 77.9 Å². The van der Waals surface area contributed by atoms with E-state index in [1.54, 1.807) is 6.21 Å². The molecule has 0 fully saturated rings. The number of carbonyl (C=O) groups is 1. The average Bonchev–Trinajstić information content (AvgIpc) is 2.68. The average molecular weight is 360 g/mol. The third-order valence-electron chi connectivity index (χ3n) is 4.16. The number of hydrogen-bond donors (Lipinski definition) is 1. The molecule has 0 aliphatic carbocycles. The first-order chi connectivity index (χ1) is 13.1. The molecule has 1 N–H and O–H groups in total. The lowest BCUT2D eigenvalue weighted by atomic mass is 10.0. The van der Waals surface area contributed by atoms with Gasteiger partial charge in [0.25, 0.3) is 0 Å². The summed E-state index contributed by atoms with van der Waals surface area (Å²) in [6, 6.07) is 22.0. The van der Waals surface area contributed by atoms with Gasteiger partial charge in [-0.25, -0.2) is 5.43 Å². The fourth-order valence-corrected chi connectivity index (χ4v) is 2.89. The number of rotatable bonds is 7. The van der Waals surface area contributed by atoms with Crippen LogP contribution >= 0.6 is 0 Å². The number of benzene rings is 3. The lowest BCUT2D eigenvalue weighted by Crippen LogP contribution is -2.18. The molecule has 3 aromatic carbocycles. The van der Waals surface area contributed by atoms with Crippen molar-refractivity contribution in [3.8, 4) is 5.75 Å². The highest BCUT2D eigenvalue weighted by Crippen LogP contribution is 2.27. The Labute approximate surface area is 159 Å². The van der Waals surface area contributed by atoms with Crippen LogP contribution in [0.5, 0.6) is 5.75 Å². The van der Waals surface area contributed by atoms with Crippen LogP contribution in [0.1, 0.15) is 31.4 Å². The molecule has 0 unspecified atom stereocenters. The van der Waals surface area contributed by atoms with Crippen LogP contribution in [0.3, 0.4) is 0 Å². The minimum Gasteiger partial charge on any atom is -0.490 e. The second-order valence-corrected chi connectivity index (χ2v) is 6.64. The van der Waals surface area contributed by atoms with Gasteiger partial charge >= 0.3 is 0 Å². The molecule has 3 aromatic rings. The zero-order chi connectivity index (χ0) is 19.1. The van der Waals surface area contributed by atoms with Gasteiger partial charge in [0.2, 0.25) is 5.91 Å². The van der Waals surface area contributed by atoms with E-state index in [-0.39, 0.29) is 12.0 Å². The maximum atomic E-state index is 12.1. The molecular weight excluding hydrogens is 336 g/mol. The maximum absolute atomic E-state index is 12.1. The summed E-state index contributed by atoms with van der Waals surface area (Å²) < 4.78 is 5.91. The number of nitrogens with one attached hydrogen (secondary N) is 1. The number of amides is 1. The summed E-state index contributed by atoms with van der Waals surface area (Å²) in [4.78, 5) is 12.1. The summed E-state index contributed by atoms with van der Waals surface area (Å²) in [6.45, 7) is 3.98. The fraction of sp³-hybridized carbons (Fsp3) is 0.217. The van der Waals surface area contributed by atoms with Crippen LogP contribution in [0.2, 0.25) is 0 Å². The maximum Gasteiger partial charge on any atom is 0.240 e. The van der Waals surface area contributed by atoms with Crippen molar-refractivity contribution in [2.45, 2.75) is 32.8 Å². The van der Waals surface area contributed by atoms with Crippen LogP contribution in [0.25, 0.3) is 10.8 Å². The second kappa shape index (κ2) is 8.99. The van der Waals surface area contributed by atoms with E-state index in [4.69, 9.17) is 4.74 Å². The minimum absolute atomic E-state index is 0.0544. The topological polar surface area (TPSA) is 50.7 Å². The van der Waals surface area contributed by atoms with E-state index in [0.717, 1.165) is 27.6 Å². The van der Waals surface area contributed by atoms with E-state index in [2.05, 4.69) is 10.5 Å². The third-order valence-corrected chi connectivity index (χ3v) is 4.16. The highest BCUT2D eigenvalue weighted by atomic mass is 16.5. The van der Waals surface area contributed by atoms with Gasteiger partial charge in [-0.05, 0) is 42.7 Å². The van der Waals surface area contributed by atoms with Crippen LogP contribution in [-0.4, -0.2) is 18.2 Å². The lowest BCUT2D eigenvalue weighted by molar-refractivity contribution is -0.121. The molecule has 3 rings (SSSR count). The molecule has 0 radical (unpaired) electrons. The van der Waals surface area contributed by atoms with Gasteiger partial charge in [0.05, 0.1) is 12.3 Å². The summed E-state index contributed by atoms with van der Waals surface area (Å²) in [7, 11) is 0. The van der Waals surface area contributed by atoms with Crippen molar-refractivity contribution in [2.24, 2.45) is 5.10 Å². The first-order valence-corrected chi connectivity index (χ1v) is 9.17. The van der Waals surface area contributed by atoms with E-state index >= 15 is 0 Å². The molecule has 4 heteroatoms. The van der Waals surface area contributed by atoms with Crippen LogP contribution in [0.15, 0.2) is 71.8 Å². The van der Waals surface area contributed by atoms with Gasteiger partial charge in [0, 0.05) is 12.0 Å². The van der Waals surface area contributed by atoms with Gasteiger partial charge < -0.3 is 4.74 Å². The normalized spacial score (nSPS) is 11.2. The molecule has 0 spiro atoms. The van der Waals surface area contributed by atoms with Crippen LogP contribution < -0.4 is 10.2 Å². The molecule has 0 aromatic heterocycles. The molecule has 1 amide bonds. The number of carbonyl (C=O) groups excluding carboxylic acids is 1. The molecule has 0 saturated heterocycles. The zero-order valence-corrected chi connectivity index (χ0v) is 15.7. The highest BCUT2D eigenvalue weighted by molar-refractivity contribution is 6.02. The monoisotopic (exact) mass is 360 g/mol. The Morgan fingerprint density at radius 1 is 1.04 bits per heavy atom. The summed E-state index contributed by atoms with van der Waals surface area (Å²) in [5.41, 5.74) is 4.62. The van der Waals surface area contributed by atoms with Crippen molar-refractivity contribution >= 4 is 22.9 Å². The number of aryl methyl sites for hydroxylation is 1. The molecule has 27 heavy (non-hydrogen) atoms. The van der Waals surface area contributed by atoms with Crippen molar-refractivity contribution < 1.29 is 9.53 Å². The Bertz CT molecular complexity index is 934. The Hall–Kier alpha value is -3.14. The zero-order valence-electron chi connectivity index (χ0n) is 15.7. The molecule has 0 saturated carbocycles. The van der Waals surface area contributed by atoms with Gasteiger partial charge in [0.1, 0.15) is 5.75 Å². The number of ether oxygens (including phenoxy) is 1. The van der Waals surface area contributed by atoms with Gasteiger partial charge in [-0.15, -0.1) is 0 Å². The minimum atomic E-state index is -0.110. The number of hydrazone groups is 1. The molecule has 4 nitrogen and oxygen atoms in total. The molecule has 0 bridgehead atoms. The van der Waals surface area contributed by atoms with E-state index < -0.39 is 0 Å². The van der Waals surface area contributed by atoms with Gasteiger partial charge in [0.15, 0.2) is 0 Å². The fourth-order valence-electron chi connectivity index (χ4n) is 2.89. The third kappa shape index (κ3) is 5.17. The van der Waals surface area contributed by atoms with Crippen LogP contribution in [-0.2, 0) is 11.2 Å². The van der Waals surface area contributed by atoms with Crippen LogP contribution in [0.4, 0.5) is 0 Å². The van der Waals surface area contributed by atoms with Gasteiger partial charge in [-0.2, -0.15) is 5.10 Å². The van der Waals surface area contributed by atoms with Gasteiger partial charge in [-0.3, -0.25) is 4.79 Å². The lowest BCUT2D eigenvalue weighted by Gasteiger charge is -2.14. The predicted molar refractivity (Wildman–Crippen MR) is 110 cm³/mol. The smallest absolute Gasteiger partial charge is 0.240 e. The van der Waals surface area contributed by atoms with E-state index in [1.807, 2.05) is 80.6 Å². The molecule has 0 atom stereocenters. The van der Waals surface area contributed by atoms with E-state index in [9.17, 15) is 4.79 Å². The molecule has 0 aliphatic rings. The molecule has 138 valence electrons. The highest BCUT2D eigenvalue weighted by Gasteiger charge is 2.09. The second-order valence-electron chi connectivity index (χ2n) is 6.64. The Kier molecular flexibility index (Phi) is 6.21. The number of fused-ring (bicyclic) bond motifs is 1. The van der Waals surface area contributed by atoms with Crippen molar-refractivity contribution in [1.29, 1.82) is 0 Å². The Balaban J connectivity index is 1.71. The SMILES string of the molecule is CC(C)Oc1ccc2ccccc2c1C=NNC(=O)CCc1ccccc1. The molecular formula is C23H24N2O2. The predicted octanol–water partition coefficient (Wildman–Crippen LogP) is 4.71. The Morgan fingerprint density at radius 2 is 1.78 bits per heavy atom. The first-order valence-electron chi connectivity index (χ1n) is 9.17.